The molecule has 2 aromatic rings. The van der Waals surface area contributed by atoms with E-state index in [0.29, 0.717) is 31.7 Å². The number of nitrogens with zero attached hydrogens (tertiary/aromatic N) is 2. The molecule has 180 valence electrons. The van der Waals surface area contributed by atoms with Crippen LogP contribution in [0.3, 0.4) is 0 Å². The number of carbonyl (C=O) groups is 2. The number of carbonyl (C=O) groups excluding carboxylic acids is 2. The monoisotopic (exact) mass is 546 g/mol. The summed E-state index contributed by atoms with van der Waals surface area (Å²) in [4.78, 5) is 28.2. The molecular formula is C25H27BrN2O5S. The van der Waals surface area contributed by atoms with Crippen LogP contribution in [0.15, 0.2) is 63.5 Å². The summed E-state index contributed by atoms with van der Waals surface area (Å²) in [6.45, 7) is 3.91. The molecule has 2 aliphatic rings. The Hall–Kier alpha value is -2.33. The molecule has 2 aromatic carbocycles. The lowest BCUT2D eigenvalue weighted by Gasteiger charge is -2.26. The van der Waals surface area contributed by atoms with Crippen LogP contribution in [0.25, 0.3) is 0 Å². The van der Waals surface area contributed by atoms with Crippen LogP contribution >= 0.6 is 15.9 Å². The molecule has 0 spiro atoms. The number of benzene rings is 2. The second-order valence-corrected chi connectivity index (χ2v) is 11.3. The van der Waals surface area contributed by atoms with Gasteiger partial charge in [0.2, 0.25) is 0 Å². The van der Waals surface area contributed by atoms with Crippen LogP contribution < -0.4 is 4.31 Å². The molecule has 9 heteroatoms. The molecule has 0 unspecified atom stereocenters. The average molecular weight is 547 g/mol. The maximum atomic E-state index is 13.2. The van der Waals surface area contributed by atoms with E-state index >= 15 is 0 Å². The Morgan fingerprint density at radius 1 is 1.12 bits per heavy atom. The molecule has 0 atom stereocenters. The van der Waals surface area contributed by atoms with E-state index in [9.17, 15) is 18.0 Å². The molecule has 7 nitrogen and oxygen atoms in total. The van der Waals surface area contributed by atoms with Crippen molar-refractivity contribution >= 4 is 43.2 Å². The van der Waals surface area contributed by atoms with Gasteiger partial charge in [0.25, 0.3) is 10.0 Å². The number of morpholine rings is 1. The van der Waals surface area contributed by atoms with E-state index in [4.69, 9.17) is 4.74 Å². The Kier molecular flexibility index (Phi) is 7.67. The van der Waals surface area contributed by atoms with E-state index < -0.39 is 15.8 Å². The fourth-order valence-electron chi connectivity index (χ4n) is 4.17. The number of ketones is 2. The topological polar surface area (TPSA) is 84.0 Å². The summed E-state index contributed by atoms with van der Waals surface area (Å²) in [7, 11) is -2.41. The smallest absolute Gasteiger partial charge is 0.264 e. The summed E-state index contributed by atoms with van der Waals surface area (Å²) >= 11 is 3.35. The summed E-state index contributed by atoms with van der Waals surface area (Å²) in [6, 6.07) is 11.5. The van der Waals surface area contributed by atoms with Crippen molar-refractivity contribution < 1.29 is 22.7 Å². The lowest BCUT2D eigenvalue weighted by molar-refractivity contribution is -0.115. The van der Waals surface area contributed by atoms with Crippen LogP contribution in [0.5, 0.6) is 0 Å². The fraction of sp³-hybridized carbons (Fsp3) is 0.360. The molecule has 0 aromatic heterocycles. The Labute approximate surface area is 208 Å². The van der Waals surface area contributed by atoms with Gasteiger partial charge < -0.3 is 4.74 Å². The number of anilines is 1. The van der Waals surface area contributed by atoms with Gasteiger partial charge in [0.1, 0.15) is 0 Å². The lowest BCUT2D eigenvalue weighted by Crippen LogP contribution is -2.37. The molecule has 0 amide bonds. The highest BCUT2D eigenvalue weighted by Crippen LogP contribution is 2.29. The number of allylic oxidation sites excluding steroid dienone is 2. The summed E-state index contributed by atoms with van der Waals surface area (Å²) in [5.41, 5.74) is 1.66. The van der Waals surface area contributed by atoms with Gasteiger partial charge in [-0.3, -0.25) is 18.8 Å². The van der Waals surface area contributed by atoms with E-state index in [1.54, 1.807) is 36.4 Å². The standard InChI is InChI=1S/C25H27BrN2O5S/c1-27(20-8-6-19(26)7-9-20)34(31,32)21-10-4-18-5-11-22(25(30)23(18)17-21)24(29)3-2-12-28-13-15-33-16-14-28/h4,6-11,17H,2-3,5,12-16H2,1H3. The van der Waals surface area contributed by atoms with E-state index in [1.807, 2.05) is 0 Å². The number of fused-ring (bicyclic) bond motifs is 1. The zero-order chi connectivity index (χ0) is 24.3. The highest BCUT2D eigenvalue weighted by molar-refractivity contribution is 9.10. The molecule has 0 N–H and O–H groups in total. The zero-order valence-corrected chi connectivity index (χ0v) is 21.4. The first-order valence-electron chi connectivity index (χ1n) is 11.2. The zero-order valence-electron chi connectivity index (χ0n) is 19.0. The predicted molar refractivity (Wildman–Crippen MR) is 134 cm³/mol. The minimum absolute atomic E-state index is 0.0195. The van der Waals surface area contributed by atoms with E-state index in [1.165, 1.54) is 23.5 Å². The molecule has 1 aliphatic heterocycles. The first-order valence-corrected chi connectivity index (χ1v) is 13.5. The quantitative estimate of drug-likeness (QED) is 0.470. The third kappa shape index (κ3) is 5.33. The fourth-order valence-corrected chi connectivity index (χ4v) is 5.65. The Morgan fingerprint density at radius 2 is 1.82 bits per heavy atom. The van der Waals surface area contributed by atoms with Crippen molar-refractivity contribution in [1.29, 1.82) is 0 Å². The minimum atomic E-state index is -3.88. The van der Waals surface area contributed by atoms with Gasteiger partial charge in [0, 0.05) is 36.6 Å². The first-order chi connectivity index (χ1) is 16.3. The van der Waals surface area contributed by atoms with E-state index in [0.717, 1.165) is 29.7 Å². The summed E-state index contributed by atoms with van der Waals surface area (Å²) in [5, 5.41) is 0. The number of hydrogen-bond acceptors (Lipinski definition) is 6. The van der Waals surface area contributed by atoms with E-state index in [2.05, 4.69) is 20.8 Å². The van der Waals surface area contributed by atoms with Crippen LogP contribution in [0, 0.1) is 0 Å². The van der Waals surface area contributed by atoms with Crippen molar-refractivity contribution in [2.75, 3.05) is 44.2 Å². The Morgan fingerprint density at radius 3 is 2.53 bits per heavy atom. The highest BCUT2D eigenvalue weighted by atomic mass is 79.9. The number of halogens is 1. The number of Topliss-reactive ketones (excluding diaryl/α,β-unsaturated/α-hetero) is 2. The molecule has 1 saturated heterocycles. The molecule has 4 rings (SSSR count). The SMILES string of the molecule is CN(c1ccc(Br)cc1)S(=O)(=O)c1ccc2c(c1)C(=O)C(C(=O)CCCN1CCOCC1)=CC2. The highest BCUT2D eigenvalue weighted by Gasteiger charge is 2.29. The molecule has 1 heterocycles. The van der Waals surface area contributed by atoms with Gasteiger partial charge in [-0.15, -0.1) is 0 Å². The average Bonchev–Trinajstić information content (AvgIpc) is 2.84. The van der Waals surface area contributed by atoms with Crippen LogP contribution in [0.4, 0.5) is 5.69 Å². The van der Waals surface area contributed by atoms with Gasteiger partial charge in [-0.1, -0.05) is 28.1 Å². The van der Waals surface area contributed by atoms with Crippen molar-refractivity contribution in [1.82, 2.24) is 4.90 Å². The first kappa shape index (κ1) is 24.8. The summed E-state index contributed by atoms with van der Waals surface area (Å²) in [6.07, 6.45) is 3.05. The number of hydrogen-bond donors (Lipinski definition) is 0. The van der Waals surface area contributed by atoms with Crippen LogP contribution in [-0.2, 0) is 26.0 Å². The Balaban J connectivity index is 1.47. The number of ether oxygens (including phenoxy) is 1. The van der Waals surface area contributed by atoms with E-state index in [-0.39, 0.29) is 28.2 Å². The third-order valence-electron chi connectivity index (χ3n) is 6.23. The molecule has 1 fully saturated rings. The van der Waals surface area contributed by atoms with Crippen molar-refractivity contribution in [3.63, 3.8) is 0 Å². The van der Waals surface area contributed by atoms with Gasteiger partial charge in [-0.25, -0.2) is 8.42 Å². The largest absolute Gasteiger partial charge is 0.379 e. The van der Waals surface area contributed by atoms with Gasteiger partial charge >= 0.3 is 0 Å². The number of sulfonamides is 1. The molecule has 0 radical (unpaired) electrons. The molecular weight excluding hydrogens is 520 g/mol. The van der Waals surface area contributed by atoms with Crippen molar-refractivity contribution in [2.45, 2.75) is 24.2 Å². The van der Waals surface area contributed by atoms with Gasteiger partial charge in [-0.05, 0) is 61.3 Å². The van der Waals surface area contributed by atoms with Crippen LogP contribution in [0.2, 0.25) is 0 Å². The molecule has 0 saturated carbocycles. The van der Waals surface area contributed by atoms with Crippen LogP contribution in [-0.4, -0.2) is 64.8 Å². The maximum Gasteiger partial charge on any atom is 0.264 e. The second-order valence-electron chi connectivity index (χ2n) is 8.40. The molecule has 34 heavy (non-hydrogen) atoms. The third-order valence-corrected chi connectivity index (χ3v) is 8.54. The Bertz CT molecular complexity index is 1220. The van der Waals surface area contributed by atoms with Crippen molar-refractivity contribution in [3.05, 3.63) is 69.7 Å². The lowest BCUT2D eigenvalue weighted by atomic mass is 9.87. The van der Waals surface area contributed by atoms with Crippen molar-refractivity contribution in [3.8, 4) is 0 Å². The molecule has 0 bridgehead atoms. The minimum Gasteiger partial charge on any atom is -0.379 e. The summed E-state index contributed by atoms with van der Waals surface area (Å²) in [5.74, 6) is -0.592. The maximum absolute atomic E-state index is 13.2. The van der Waals surface area contributed by atoms with Gasteiger partial charge in [0.05, 0.1) is 29.4 Å². The normalized spacial score (nSPS) is 16.6. The van der Waals surface area contributed by atoms with Crippen molar-refractivity contribution in [2.24, 2.45) is 0 Å². The summed E-state index contributed by atoms with van der Waals surface area (Å²) < 4.78 is 33.8. The number of rotatable bonds is 8. The van der Waals surface area contributed by atoms with Crippen LogP contribution in [0.1, 0.15) is 28.8 Å². The second kappa shape index (κ2) is 10.5. The van der Waals surface area contributed by atoms with Gasteiger partial charge in [0.15, 0.2) is 11.6 Å². The predicted octanol–water partition coefficient (Wildman–Crippen LogP) is 3.62. The molecule has 1 aliphatic carbocycles. The van der Waals surface area contributed by atoms with Gasteiger partial charge in [-0.2, -0.15) is 0 Å².